The molecule has 0 aliphatic carbocycles. The Labute approximate surface area is 169 Å². The number of carbonyl (C=O) groups excluding carboxylic acids is 1. The maximum atomic E-state index is 12.7. The first-order valence-corrected chi connectivity index (χ1v) is 10.4. The number of rotatable bonds is 4. The largest absolute Gasteiger partial charge is 0.325 e. The number of carbonyl (C=O) groups is 1. The zero-order chi connectivity index (χ0) is 19.8. The van der Waals surface area contributed by atoms with Gasteiger partial charge >= 0.3 is 0 Å². The van der Waals surface area contributed by atoms with E-state index in [-0.39, 0.29) is 18.0 Å². The van der Waals surface area contributed by atoms with E-state index < -0.39 is 0 Å². The number of aryl methyl sites for hydroxylation is 3. The molecule has 4 rings (SSSR count). The van der Waals surface area contributed by atoms with Gasteiger partial charge in [-0.15, -0.1) is 22.7 Å². The Morgan fingerprint density at radius 1 is 1.25 bits per heavy atom. The number of nitrogens with one attached hydrogen (secondary N) is 1. The highest BCUT2D eigenvalue weighted by Gasteiger charge is 2.14. The Morgan fingerprint density at radius 3 is 2.82 bits per heavy atom. The van der Waals surface area contributed by atoms with Crippen molar-refractivity contribution in [2.75, 3.05) is 5.32 Å². The standard InChI is InChI=1S/C20H18N4O2S2/c1-11-12(2)28-19-18(11)20(26)24(10-21-19)8-17(25)23-15-6-4-5-14(7-15)16-9-27-13(3)22-16/h4-7,9-10H,8H2,1-3H3,(H,23,25). The van der Waals surface area contributed by atoms with Gasteiger partial charge in [0, 0.05) is 21.5 Å². The van der Waals surface area contributed by atoms with Gasteiger partial charge in [0.15, 0.2) is 0 Å². The molecule has 3 heterocycles. The molecule has 0 bridgehead atoms. The van der Waals surface area contributed by atoms with Crippen molar-refractivity contribution in [2.45, 2.75) is 27.3 Å². The zero-order valence-electron chi connectivity index (χ0n) is 15.6. The number of hydrogen-bond acceptors (Lipinski definition) is 6. The number of amides is 1. The van der Waals surface area contributed by atoms with Crippen LogP contribution in [0.2, 0.25) is 0 Å². The first-order valence-electron chi connectivity index (χ1n) is 8.70. The van der Waals surface area contributed by atoms with Crippen LogP contribution in [0.15, 0.2) is 40.8 Å². The molecule has 1 amide bonds. The van der Waals surface area contributed by atoms with E-state index >= 15 is 0 Å². The number of nitrogens with zero attached hydrogens (tertiary/aromatic N) is 3. The normalized spacial score (nSPS) is 11.1. The van der Waals surface area contributed by atoms with Crippen molar-refractivity contribution in [1.29, 1.82) is 0 Å². The van der Waals surface area contributed by atoms with Crippen molar-refractivity contribution in [3.8, 4) is 11.3 Å². The molecular weight excluding hydrogens is 392 g/mol. The van der Waals surface area contributed by atoms with Crippen LogP contribution >= 0.6 is 22.7 Å². The van der Waals surface area contributed by atoms with Crippen molar-refractivity contribution < 1.29 is 4.79 Å². The summed E-state index contributed by atoms with van der Waals surface area (Å²) < 4.78 is 1.35. The lowest BCUT2D eigenvalue weighted by Gasteiger charge is -2.08. The summed E-state index contributed by atoms with van der Waals surface area (Å²) in [5, 5.41) is 6.43. The van der Waals surface area contributed by atoms with Crippen LogP contribution in [0.5, 0.6) is 0 Å². The molecule has 0 aliphatic rings. The Morgan fingerprint density at radius 2 is 2.07 bits per heavy atom. The minimum atomic E-state index is -0.278. The van der Waals surface area contributed by atoms with Crippen LogP contribution in [-0.2, 0) is 11.3 Å². The van der Waals surface area contributed by atoms with Crippen molar-refractivity contribution in [1.82, 2.24) is 14.5 Å². The van der Waals surface area contributed by atoms with Crippen LogP contribution in [0.25, 0.3) is 21.5 Å². The smallest absolute Gasteiger partial charge is 0.262 e. The zero-order valence-corrected chi connectivity index (χ0v) is 17.3. The molecule has 0 saturated carbocycles. The highest BCUT2D eigenvalue weighted by molar-refractivity contribution is 7.18. The first kappa shape index (κ1) is 18.5. The predicted octanol–water partition coefficient (Wildman–Crippen LogP) is 4.15. The summed E-state index contributed by atoms with van der Waals surface area (Å²) in [4.78, 5) is 35.8. The quantitative estimate of drug-likeness (QED) is 0.548. The number of thiophene rings is 1. The van der Waals surface area contributed by atoms with Crippen LogP contribution in [0.1, 0.15) is 15.4 Å². The van der Waals surface area contributed by atoms with E-state index in [9.17, 15) is 9.59 Å². The van der Waals surface area contributed by atoms with Gasteiger partial charge in [0.1, 0.15) is 11.4 Å². The molecule has 0 saturated heterocycles. The Bertz CT molecular complexity index is 1250. The minimum Gasteiger partial charge on any atom is -0.325 e. The molecule has 0 unspecified atom stereocenters. The van der Waals surface area contributed by atoms with Gasteiger partial charge in [-0.05, 0) is 38.5 Å². The molecule has 1 aromatic carbocycles. The SMILES string of the molecule is Cc1nc(-c2cccc(NC(=O)Cn3cnc4sc(C)c(C)c4c3=O)c2)cs1. The number of anilines is 1. The highest BCUT2D eigenvalue weighted by Crippen LogP contribution is 2.26. The molecule has 8 heteroatoms. The number of benzene rings is 1. The number of thiazole rings is 1. The average Bonchev–Trinajstić information content (AvgIpc) is 3.22. The van der Waals surface area contributed by atoms with Gasteiger partial charge in [-0.25, -0.2) is 9.97 Å². The van der Waals surface area contributed by atoms with Crippen molar-refractivity contribution in [2.24, 2.45) is 0 Å². The van der Waals surface area contributed by atoms with Crippen LogP contribution in [0.3, 0.4) is 0 Å². The van der Waals surface area contributed by atoms with Gasteiger partial charge in [0.25, 0.3) is 5.56 Å². The second-order valence-corrected chi connectivity index (χ2v) is 8.79. The van der Waals surface area contributed by atoms with Crippen LogP contribution < -0.4 is 10.9 Å². The van der Waals surface area contributed by atoms with Crippen LogP contribution in [-0.4, -0.2) is 20.4 Å². The number of aromatic nitrogens is 3. The van der Waals surface area contributed by atoms with E-state index in [0.29, 0.717) is 15.9 Å². The second-order valence-electron chi connectivity index (χ2n) is 6.52. The molecule has 0 radical (unpaired) electrons. The highest BCUT2D eigenvalue weighted by atomic mass is 32.1. The summed E-state index contributed by atoms with van der Waals surface area (Å²) in [7, 11) is 0. The van der Waals surface area contributed by atoms with Gasteiger partial charge in [-0.3, -0.25) is 14.2 Å². The lowest BCUT2D eigenvalue weighted by molar-refractivity contribution is -0.116. The van der Waals surface area contributed by atoms with Gasteiger partial charge in [0.2, 0.25) is 5.91 Å². The Balaban J connectivity index is 1.55. The van der Waals surface area contributed by atoms with Gasteiger partial charge in [-0.1, -0.05) is 12.1 Å². The van der Waals surface area contributed by atoms with Gasteiger partial charge in [0.05, 0.1) is 22.4 Å². The first-order chi connectivity index (χ1) is 13.4. The summed E-state index contributed by atoms with van der Waals surface area (Å²) in [5.74, 6) is -0.278. The Hall–Kier alpha value is -2.84. The fourth-order valence-corrected chi connectivity index (χ4v) is 4.60. The summed E-state index contributed by atoms with van der Waals surface area (Å²) >= 11 is 3.08. The molecule has 28 heavy (non-hydrogen) atoms. The number of fused-ring (bicyclic) bond motifs is 1. The maximum absolute atomic E-state index is 12.7. The second kappa shape index (κ2) is 7.29. The molecule has 0 spiro atoms. The van der Waals surface area contributed by atoms with Crippen molar-refractivity contribution in [3.63, 3.8) is 0 Å². The van der Waals surface area contributed by atoms with E-state index in [2.05, 4.69) is 15.3 Å². The fourth-order valence-electron chi connectivity index (χ4n) is 2.99. The molecule has 1 N–H and O–H groups in total. The van der Waals surface area contributed by atoms with Gasteiger partial charge in [-0.2, -0.15) is 0 Å². The van der Waals surface area contributed by atoms with E-state index in [0.717, 1.165) is 26.7 Å². The van der Waals surface area contributed by atoms with Crippen LogP contribution in [0.4, 0.5) is 5.69 Å². The maximum Gasteiger partial charge on any atom is 0.262 e. The van der Waals surface area contributed by atoms with E-state index in [4.69, 9.17) is 0 Å². The monoisotopic (exact) mass is 410 g/mol. The van der Waals surface area contributed by atoms with Gasteiger partial charge < -0.3 is 5.32 Å². The Kier molecular flexibility index (Phi) is 4.82. The summed E-state index contributed by atoms with van der Waals surface area (Å²) in [6.07, 6.45) is 1.44. The minimum absolute atomic E-state index is 0.0872. The molecule has 4 aromatic rings. The molecule has 142 valence electrons. The molecule has 0 aliphatic heterocycles. The lowest BCUT2D eigenvalue weighted by atomic mass is 10.1. The molecule has 6 nitrogen and oxygen atoms in total. The molecule has 0 fully saturated rings. The van der Waals surface area contributed by atoms with E-state index in [1.807, 2.05) is 50.4 Å². The third kappa shape index (κ3) is 3.48. The van der Waals surface area contributed by atoms with E-state index in [1.165, 1.54) is 22.2 Å². The molecule has 3 aromatic heterocycles. The van der Waals surface area contributed by atoms with Crippen molar-refractivity contribution in [3.05, 3.63) is 61.8 Å². The third-order valence-corrected chi connectivity index (χ3v) is 6.42. The number of hydrogen-bond donors (Lipinski definition) is 1. The molecular formula is C20H18N4O2S2. The topological polar surface area (TPSA) is 76.9 Å². The van der Waals surface area contributed by atoms with Crippen LogP contribution in [0, 0.1) is 20.8 Å². The molecule has 0 atom stereocenters. The van der Waals surface area contributed by atoms with Crippen molar-refractivity contribution >= 4 is 44.5 Å². The third-order valence-electron chi connectivity index (χ3n) is 4.53. The van der Waals surface area contributed by atoms with E-state index in [1.54, 1.807) is 11.3 Å². The fraction of sp³-hybridized carbons (Fsp3) is 0.200. The summed E-state index contributed by atoms with van der Waals surface area (Å²) in [6, 6.07) is 7.52. The summed E-state index contributed by atoms with van der Waals surface area (Å²) in [5.41, 5.74) is 3.23. The lowest BCUT2D eigenvalue weighted by Crippen LogP contribution is -2.27. The summed E-state index contributed by atoms with van der Waals surface area (Å²) in [6.45, 7) is 5.75. The average molecular weight is 411 g/mol. The predicted molar refractivity (Wildman–Crippen MR) is 114 cm³/mol.